The Morgan fingerprint density at radius 1 is 0.255 bits per heavy atom. The number of aromatic nitrogens is 1. The topological polar surface area (TPSA) is 4.41 Å². The van der Waals surface area contributed by atoms with Crippen LogP contribution in [0.3, 0.4) is 0 Å². The van der Waals surface area contributed by atoms with E-state index in [0.29, 0.717) is 0 Å². The molecule has 0 bridgehead atoms. The molecule has 2 heterocycles. The number of para-hydroxylation sites is 1. The zero-order valence-electron chi connectivity index (χ0n) is 29.8. The van der Waals surface area contributed by atoms with Crippen LogP contribution >= 0.6 is 0 Å². The molecular formula is C54H31N. The molecule has 0 fully saturated rings. The smallest absolute Gasteiger partial charge is 0.0620 e. The van der Waals surface area contributed by atoms with Gasteiger partial charge in [-0.15, -0.1) is 0 Å². The fraction of sp³-hybridized carbons (Fsp3) is 0. The fourth-order valence-corrected chi connectivity index (χ4v) is 10.4. The Bertz CT molecular complexity index is 3880. The zero-order valence-corrected chi connectivity index (χ0v) is 29.8. The standard InChI is InChI=1S/C54H31N/c1-3-16-34-32(14-1)36-18-5-7-22-40(36)44-28-30-48-52(50(44)42-24-11-9-20-38(34)42)46-26-13-27-47-53-49(55(48)54(46)47)31-29-45-41-23-8-6-19-37(41)33-15-2-4-17-35(33)39-21-10-12-25-43(39)51(45)53/h1-31H. The van der Waals surface area contributed by atoms with Gasteiger partial charge in [-0.25, -0.2) is 0 Å². The summed E-state index contributed by atoms with van der Waals surface area (Å²) in [4.78, 5) is 0. The van der Waals surface area contributed by atoms with Crippen LogP contribution in [0.25, 0.3) is 82.6 Å². The van der Waals surface area contributed by atoms with Crippen molar-refractivity contribution in [3.8, 4) is 44.5 Å². The first-order valence-corrected chi connectivity index (χ1v) is 19.2. The van der Waals surface area contributed by atoms with Gasteiger partial charge >= 0.3 is 0 Å². The first kappa shape index (κ1) is 29.3. The predicted molar refractivity (Wildman–Crippen MR) is 226 cm³/mol. The second-order valence-electron chi connectivity index (χ2n) is 15.1. The molecule has 9 aromatic carbocycles. The normalized spacial score (nSPS) is 12.4. The van der Waals surface area contributed by atoms with Crippen LogP contribution in [0.15, 0.2) is 188 Å². The van der Waals surface area contributed by atoms with Gasteiger partial charge in [-0.1, -0.05) is 176 Å². The lowest BCUT2D eigenvalue weighted by atomic mass is 9.79. The van der Waals surface area contributed by atoms with Crippen molar-refractivity contribution in [1.82, 2.24) is 4.40 Å². The Morgan fingerprint density at radius 2 is 0.655 bits per heavy atom. The maximum atomic E-state index is 2.57. The average Bonchev–Trinajstić information content (AvgIpc) is 3.77. The van der Waals surface area contributed by atoms with E-state index in [9.17, 15) is 0 Å². The molecular weight excluding hydrogens is 663 g/mol. The Balaban J connectivity index is 1.29. The van der Waals surface area contributed by atoms with Crippen LogP contribution in [0, 0.1) is 41.7 Å². The number of rotatable bonds is 0. The minimum atomic E-state index is 1.24. The molecule has 11 aromatic rings. The summed E-state index contributed by atoms with van der Waals surface area (Å²) in [6.45, 7) is 0. The van der Waals surface area contributed by atoms with Gasteiger partial charge in [0.05, 0.1) is 16.6 Å². The average molecular weight is 694 g/mol. The first-order chi connectivity index (χ1) is 27.3. The summed E-state index contributed by atoms with van der Waals surface area (Å²) in [5.74, 6) is 0. The summed E-state index contributed by atoms with van der Waals surface area (Å²) in [6.07, 6.45) is 0. The predicted octanol–water partition coefficient (Wildman–Crippen LogP) is 13.3. The summed E-state index contributed by atoms with van der Waals surface area (Å²) in [6, 6.07) is 70.3. The molecule has 1 nitrogen and oxygen atoms in total. The Labute approximate surface area is 315 Å². The maximum Gasteiger partial charge on any atom is 0.0620 e. The van der Waals surface area contributed by atoms with E-state index in [1.54, 1.807) is 0 Å². The fourth-order valence-electron chi connectivity index (χ4n) is 10.4. The van der Waals surface area contributed by atoms with Gasteiger partial charge in [0, 0.05) is 32.3 Å². The van der Waals surface area contributed by atoms with Crippen LogP contribution in [0.4, 0.5) is 0 Å². The minimum absolute atomic E-state index is 1.24. The van der Waals surface area contributed by atoms with E-state index in [1.165, 1.54) is 124 Å². The number of hydrogen-bond donors (Lipinski definition) is 0. The van der Waals surface area contributed by atoms with Crippen LogP contribution < -0.4 is 0 Å². The Morgan fingerprint density at radius 3 is 1.24 bits per heavy atom. The molecule has 0 saturated carbocycles. The van der Waals surface area contributed by atoms with Crippen molar-refractivity contribution >= 4 is 38.1 Å². The third-order valence-electron chi connectivity index (χ3n) is 12.5. The molecule has 1 heteroatoms. The number of benzene rings is 9. The van der Waals surface area contributed by atoms with Gasteiger partial charge in [0.2, 0.25) is 0 Å². The molecule has 2 aliphatic rings. The summed E-state index contributed by atoms with van der Waals surface area (Å²) in [7, 11) is 0. The molecule has 0 atom stereocenters. The molecule has 0 N–H and O–H groups in total. The van der Waals surface area contributed by atoms with Crippen LogP contribution in [0.1, 0.15) is 0 Å². The molecule has 252 valence electrons. The summed E-state index contributed by atoms with van der Waals surface area (Å²) in [5.41, 5.74) is 14.0. The largest absolute Gasteiger partial charge is 0.308 e. The SMILES string of the molecule is c1ccc2c(c1)-c1ccccc1-c1ccc3c(c1-c1ccccc1-2)c1cccc2c4c5c(ccc4n3c12)=c1ccccc1=c1ccccc1=c1ccccc1=5. The van der Waals surface area contributed by atoms with Crippen molar-refractivity contribution in [2.45, 2.75) is 0 Å². The lowest BCUT2D eigenvalue weighted by Gasteiger charge is -2.23. The lowest BCUT2D eigenvalue weighted by Crippen LogP contribution is -1.97. The molecule has 13 rings (SSSR count). The molecule has 0 spiro atoms. The van der Waals surface area contributed by atoms with Crippen LogP contribution in [0.2, 0.25) is 0 Å². The molecule has 2 aliphatic carbocycles. The van der Waals surface area contributed by atoms with Gasteiger partial charge in [0.15, 0.2) is 0 Å². The van der Waals surface area contributed by atoms with Gasteiger partial charge in [-0.2, -0.15) is 0 Å². The van der Waals surface area contributed by atoms with Crippen molar-refractivity contribution in [2.24, 2.45) is 0 Å². The van der Waals surface area contributed by atoms with Crippen molar-refractivity contribution < 1.29 is 0 Å². The van der Waals surface area contributed by atoms with Crippen molar-refractivity contribution in [3.05, 3.63) is 230 Å². The van der Waals surface area contributed by atoms with Gasteiger partial charge < -0.3 is 4.40 Å². The van der Waals surface area contributed by atoms with Crippen LogP contribution in [-0.4, -0.2) is 4.40 Å². The Hall–Kier alpha value is -7.22. The van der Waals surface area contributed by atoms with E-state index in [-0.39, 0.29) is 0 Å². The van der Waals surface area contributed by atoms with Gasteiger partial charge in [0.1, 0.15) is 0 Å². The van der Waals surface area contributed by atoms with Crippen molar-refractivity contribution in [1.29, 1.82) is 0 Å². The number of nitrogens with zero attached hydrogens (tertiary/aromatic N) is 1. The minimum Gasteiger partial charge on any atom is -0.308 e. The second kappa shape index (κ2) is 10.7. The van der Waals surface area contributed by atoms with Crippen LogP contribution in [-0.2, 0) is 0 Å². The molecule has 55 heavy (non-hydrogen) atoms. The molecule has 0 radical (unpaired) electrons. The lowest BCUT2D eigenvalue weighted by molar-refractivity contribution is 1.29. The monoisotopic (exact) mass is 693 g/mol. The molecule has 0 aliphatic heterocycles. The summed E-state index contributed by atoms with van der Waals surface area (Å²) >= 11 is 0. The van der Waals surface area contributed by atoms with Gasteiger partial charge in [-0.05, 0) is 87.6 Å². The summed E-state index contributed by atoms with van der Waals surface area (Å²) < 4.78 is 2.57. The molecule has 0 amide bonds. The molecule has 0 unspecified atom stereocenters. The third kappa shape index (κ3) is 3.72. The van der Waals surface area contributed by atoms with Gasteiger partial charge in [-0.3, -0.25) is 0 Å². The zero-order chi connectivity index (χ0) is 35.8. The van der Waals surface area contributed by atoms with E-state index in [2.05, 4.69) is 192 Å². The molecule has 0 saturated heterocycles. The quantitative estimate of drug-likeness (QED) is 0.149. The highest BCUT2D eigenvalue weighted by Gasteiger charge is 2.27. The second-order valence-corrected chi connectivity index (χ2v) is 15.1. The summed E-state index contributed by atoms with van der Waals surface area (Å²) in [5, 5.41) is 15.4. The molecule has 2 aromatic heterocycles. The van der Waals surface area contributed by atoms with E-state index in [1.807, 2.05) is 0 Å². The Kier molecular flexibility index (Phi) is 5.69. The highest BCUT2D eigenvalue weighted by molar-refractivity contribution is 6.28. The maximum absolute atomic E-state index is 2.57. The van der Waals surface area contributed by atoms with Crippen molar-refractivity contribution in [3.63, 3.8) is 0 Å². The number of hydrogen-bond acceptors (Lipinski definition) is 0. The van der Waals surface area contributed by atoms with E-state index in [0.717, 1.165) is 0 Å². The first-order valence-electron chi connectivity index (χ1n) is 19.2. The van der Waals surface area contributed by atoms with Crippen LogP contribution in [0.5, 0.6) is 0 Å². The highest BCUT2D eigenvalue weighted by Crippen LogP contribution is 2.52. The van der Waals surface area contributed by atoms with Gasteiger partial charge in [0.25, 0.3) is 0 Å². The van der Waals surface area contributed by atoms with E-state index >= 15 is 0 Å². The van der Waals surface area contributed by atoms with E-state index < -0.39 is 0 Å². The number of fused-ring (bicyclic) bond motifs is 20. The highest BCUT2D eigenvalue weighted by atomic mass is 14.9. The van der Waals surface area contributed by atoms with Crippen molar-refractivity contribution in [2.75, 3.05) is 0 Å². The van der Waals surface area contributed by atoms with E-state index in [4.69, 9.17) is 0 Å². The third-order valence-corrected chi connectivity index (χ3v) is 12.5.